The van der Waals surface area contributed by atoms with Crippen LogP contribution in [0.1, 0.15) is 6.92 Å². The van der Waals surface area contributed by atoms with Crippen LogP contribution in [0, 0.1) is 5.82 Å². The summed E-state index contributed by atoms with van der Waals surface area (Å²) in [4.78, 5) is 11.5. The maximum absolute atomic E-state index is 12.9. The summed E-state index contributed by atoms with van der Waals surface area (Å²) >= 11 is 0. The average molecular weight is 263 g/mol. The molecule has 0 aliphatic heterocycles. The number of nitrogens with zero attached hydrogens (tertiary/aromatic N) is 3. The minimum atomic E-state index is -0.330. The van der Waals surface area contributed by atoms with Gasteiger partial charge in [0.25, 0.3) is 0 Å². The van der Waals surface area contributed by atoms with Crippen LogP contribution in [0.4, 0.5) is 16.3 Å². The first-order chi connectivity index (χ1) is 9.13. The molecule has 1 aromatic heterocycles. The molecule has 0 saturated carbocycles. The van der Waals surface area contributed by atoms with Gasteiger partial charge in [0.2, 0.25) is 11.9 Å². The first-order valence-electron chi connectivity index (χ1n) is 5.73. The fourth-order valence-electron chi connectivity index (χ4n) is 1.42. The quantitative estimate of drug-likeness (QED) is 0.849. The molecule has 0 aliphatic rings. The molecule has 1 unspecified atom stereocenters. The highest BCUT2D eigenvalue weighted by Gasteiger charge is 2.06. The smallest absolute Gasteiger partial charge is 0.227 e. The van der Waals surface area contributed by atoms with Crippen LogP contribution >= 0.6 is 0 Å². The second-order valence-electron chi connectivity index (χ2n) is 3.98. The minimum Gasteiger partial charge on any atom is -0.491 e. The lowest BCUT2D eigenvalue weighted by atomic mass is 10.3. The van der Waals surface area contributed by atoms with Crippen molar-refractivity contribution in [1.82, 2.24) is 15.0 Å². The summed E-state index contributed by atoms with van der Waals surface area (Å²) in [5, 5.41) is 3.01. The third-order valence-corrected chi connectivity index (χ3v) is 2.26. The number of nitrogen functional groups attached to an aromatic ring is 1. The lowest BCUT2D eigenvalue weighted by Crippen LogP contribution is -2.24. The molecule has 7 heteroatoms. The van der Waals surface area contributed by atoms with Crippen molar-refractivity contribution in [2.45, 2.75) is 13.0 Å². The van der Waals surface area contributed by atoms with Crippen molar-refractivity contribution in [3.8, 4) is 5.75 Å². The molecule has 0 radical (unpaired) electrons. The summed E-state index contributed by atoms with van der Waals surface area (Å²) in [5.41, 5.74) is 5.44. The van der Waals surface area contributed by atoms with Gasteiger partial charge in [0.1, 0.15) is 24.5 Å². The summed E-state index contributed by atoms with van der Waals surface area (Å²) in [6.07, 6.45) is 1.32. The van der Waals surface area contributed by atoms with Crippen molar-refractivity contribution in [3.05, 3.63) is 36.4 Å². The van der Waals surface area contributed by atoms with Crippen molar-refractivity contribution < 1.29 is 9.13 Å². The van der Waals surface area contributed by atoms with Crippen LogP contribution in [-0.2, 0) is 0 Å². The minimum absolute atomic E-state index is 0.0648. The van der Waals surface area contributed by atoms with E-state index in [-0.39, 0.29) is 17.8 Å². The zero-order chi connectivity index (χ0) is 13.7. The number of halogens is 1. The molecule has 0 amide bonds. The molecule has 1 heterocycles. The summed E-state index contributed by atoms with van der Waals surface area (Å²) in [6, 6.07) is 5.91. The monoisotopic (exact) mass is 263 g/mol. The number of aromatic nitrogens is 3. The molecule has 3 N–H and O–H groups in total. The predicted octanol–water partition coefficient (Wildman–Crippen LogP) is 1.47. The molecule has 6 nitrogen and oxygen atoms in total. The SMILES string of the molecule is CC(COc1cccc(F)c1)Nc1ncnc(N)n1. The maximum Gasteiger partial charge on any atom is 0.227 e. The Balaban J connectivity index is 1.86. The number of benzene rings is 1. The van der Waals surface area contributed by atoms with Gasteiger partial charge in [-0.15, -0.1) is 0 Å². The van der Waals surface area contributed by atoms with E-state index in [4.69, 9.17) is 10.5 Å². The maximum atomic E-state index is 12.9. The molecule has 2 rings (SSSR count). The molecular formula is C12H14FN5O. The Bertz CT molecular complexity index is 551. The van der Waals surface area contributed by atoms with Crippen LogP contribution in [0.3, 0.4) is 0 Å². The number of nitrogens with two attached hydrogens (primary N) is 1. The Morgan fingerprint density at radius 3 is 3.00 bits per heavy atom. The largest absolute Gasteiger partial charge is 0.491 e. The van der Waals surface area contributed by atoms with Gasteiger partial charge in [0, 0.05) is 6.07 Å². The van der Waals surface area contributed by atoms with Crippen LogP contribution in [0.2, 0.25) is 0 Å². The molecule has 0 fully saturated rings. The molecule has 2 aromatic rings. The van der Waals surface area contributed by atoms with Gasteiger partial charge < -0.3 is 15.8 Å². The van der Waals surface area contributed by atoms with E-state index in [1.165, 1.54) is 18.5 Å². The van der Waals surface area contributed by atoms with Gasteiger partial charge in [-0.25, -0.2) is 14.4 Å². The van der Waals surface area contributed by atoms with E-state index >= 15 is 0 Å². The van der Waals surface area contributed by atoms with Crippen molar-refractivity contribution >= 4 is 11.9 Å². The van der Waals surface area contributed by atoms with E-state index in [1.54, 1.807) is 12.1 Å². The highest BCUT2D eigenvalue weighted by atomic mass is 19.1. The average Bonchev–Trinajstić information content (AvgIpc) is 2.36. The van der Waals surface area contributed by atoms with E-state index in [0.29, 0.717) is 18.3 Å². The third-order valence-electron chi connectivity index (χ3n) is 2.26. The molecule has 19 heavy (non-hydrogen) atoms. The van der Waals surface area contributed by atoms with Gasteiger partial charge in [0.15, 0.2) is 0 Å². The van der Waals surface area contributed by atoms with E-state index < -0.39 is 0 Å². The molecule has 0 bridgehead atoms. The van der Waals surface area contributed by atoms with Gasteiger partial charge in [0.05, 0.1) is 6.04 Å². The van der Waals surface area contributed by atoms with Crippen molar-refractivity contribution in [1.29, 1.82) is 0 Å². The van der Waals surface area contributed by atoms with Gasteiger partial charge in [-0.05, 0) is 19.1 Å². The van der Waals surface area contributed by atoms with Crippen LogP contribution in [0.25, 0.3) is 0 Å². The topological polar surface area (TPSA) is 86.0 Å². The van der Waals surface area contributed by atoms with Crippen molar-refractivity contribution in [2.24, 2.45) is 0 Å². The normalized spacial score (nSPS) is 11.9. The zero-order valence-corrected chi connectivity index (χ0v) is 10.4. The first kappa shape index (κ1) is 13.0. The van der Waals surface area contributed by atoms with Crippen LogP contribution in [0.15, 0.2) is 30.6 Å². The van der Waals surface area contributed by atoms with Crippen LogP contribution in [-0.4, -0.2) is 27.6 Å². The molecular weight excluding hydrogens is 249 g/mol. The number of ether oxygens (including phenoxy) is 1. The summed E-state index contributed by atoms with van der Waals surface area (Å²) in [6.45, 7) is 2.23. The molecule has 0 spiro atoms. The Kier molecular flexibility index (Phi) is 4.07. The lowest BCUT2D eigenvalue weighted by molar-refractivity contribution is 0.302. The number of hydrogen-bond donors (Lipinski definition) is 2. The van der Waals surface area contributed by atoms with E-state index in [0.717, 1.165) is 0 Å². The fraction of sp³-hybridized carbons (Fsp3) is 0.250. The van der Waals surface area contributed by atoms with Crippen LogP contribution in [0.5, 0.6) is 5.75 Å². The summed E-state index contributed by atoms with van der Waals surface area (Å²) in [5.74, 6) is 0.672. The summed E-state index contributed by atoms with van der Waals surface area (Å²) in [7, 11) is 0. The van der Waals surface area contributed by atoms with Crippen LogP contribution < -0.4 is 15.8 Å². The lowest BCUT2D eigenvalue weighted by Gasteiger charge is -2.14. The second-order valence-corrected chi connectivity index (χ2v) is 3.98. The Hall–Kier alpha value is -2.44. The number of hydrogen-bond acceptors (Lipinski definition) is 6. The van der Waals surface area contributed by atoms with Gasteiger partial charge in [-0.1, -0.05) is 6.07 Å². The Morgan fingerprint density at radius 1 is 1.42 bits per heavy atom. The number of anilines is 2. The highest BCUT2D eigenvalue weighted by molar-refractivity contribution is 5.30. The second kappa shape index (κ2) is 5.94. The molecule has 0 saturated heterocycles. The van der Waals surface area contributed by atoms with Gasteiger partial charge in [-0.2, -0.15) is 4.98 Å². The summed E-state index contributed by atoms with van der Waals surface area (Å²) < 4.78 is 18.4. The van der Waals surface area contributed by atoms with E-state index in [9.17, 15) is 4.39 Å². The zero-order valence-electron chi connectivity index (χ0n) is 10.4. The van der Waals surface area contributed by atoms with Gasteiger partial charge in [-0.3, -0.25) is 0 Å². The first-order valence-corrected chi connectivity index (χ1v) is 5.73. The molecule has 1 atom stereocenters. The molecule has 1 aromatic carbocycles. The van der Waals surface area contributed by atoms with Crippen molar-refractivity contribution in [3.63, 3.8) is 0 Å². The fourth-order valence-corrected chi connectivity index (χ4v) is 1.42. The Labute approximate surface area is 109 Å². The molecule has 100 valence electrons. The number of rotatable bonds is 5. The number of nitrogens with one attached hydrogen (secondary N) is 1. The third kappa shape index (κ3) is 4.06. The standard InChI is InChI=1S/C12H14FN5O/c1-8(17-12-16-7-15-11(14)18-12)6-19-10-4-2-3-9(13)5-10/h2-5,7-8H,6H2,1H3,(H3,14,15,16,17,18). The highest BCUT2D eigenvalue weighted by Crippen LogP contribution is 2.12. The predicted molar refractivity (Wildman–Crippen MR) is 69.2 cm³/mol. The molecule has 0 aliphatic carbocycles. The van der Waals surface area contributed by atoms with E-state index in [1.807, 2.05) is 6.92 Å². The van der Waals surface area contributed by atoms with Gasteiger partial charge >= 0.3 is 0 Å². The van der Waals surface area contributed by atoms with E-state index in [2.05, 4.69) is 20.3 Å². The van der Waals surface area contributed by atoms with Crippen molar-refractivity contribution in [2.75, 3.05) is 17.7 Å². The Morgan fingerprint density at radius 2 is 2.26 bits per heavy atom.